The number of amides is 2. The van der Waals surface area contributed by atoms with Crippen LogP contribution in [0, 0.1) is 6.92 Å². The minimum absolute atomic E-state index is 0.0295. The number of hydrogen-bond donors (Lipinski definition) is 1. The van der Waals surface area contributed by atoms with E-state index in [1.807, 2.05) is 56.3 Å². The molecule has 1 aliphatic rings. The zero-order valence-electron chi connectivity index (χ0n) is 20.8. The predicted octanol–water partition coefficient (Wildman–Crippen LogP) is 5.79. The molecule has 0 radical (unpaired) electrons. The van der Waals surface area contributed by atoms with Crippen LogP contribution in [0.3, 0.4) is 0 Å². The van der Waals surface area contributed by atoms with E-state index in [-0.39, 0.29) is 18.2 Å². The maximum Gasteiger partial charge on any atom is 0.255 e. The normalized spacial score (nSPS) is 13.2. The van der Waals surface area contributed by atoms with Crippen LogP contribution < -0.4 is 19.5 Å². The molecule has 0 bridgehead atoms. The van der Waals surface area contributed by atoms with Gasteiger partial charge in [-0.25, -0.2) is 0 Å². The fourth-order valence-electron chi connectivity index (χ4n) is 4.41. The quantitative estimate of drug-likeness (QED) is 0.396. The number of nitrogens with zero attached hydrogens (tertiary/aromatic N) is 1. The lowest BCUT2D eigenvalue weighted by Gasteiger charge is -2.28. The molecule has 188 valence electrons. The Bertz CT molecular complexity index is 1290. The molecule has 3 aromatic rings. The van der Waals surface area contributed by atoms with Gasteiger partial charge in [-0.15, -0.1) is 0 Å². The molecule has 0 aliphatic carbocycles. The third-order valence-corrected chi connectivity index (χ3v) is 6.64. The minimum atomic E-state index is -0.533. The summed E-state index contributed by atoms with van der Waals surface area (Å²) in [6, 6.07) is 15.9. The second-order valence-electron chi connectivity index (χ2n) is 8.50. The van der Waals surface area contributed by atoms with Crippen molar-refractivity contribution in [1.82, 2.24) is 4.90 Å². The first-order chi connectivity index (χ1) is 17.4. The Morgan fingerprint density at radius 3 is 2.50 bits per heavy atom. The van der Waals surface area contributed by atoms with Gasteiger partial charge in [0, 0.05) is 23.2 Å². The van der Waals surface area contributed by atoms with E-state index in [0.717, 1.165) is 16.7 Å². The number of hydrogen-bond acceptors (Lipinski definition) is 5. The largest absolute Gasteiger partial charge is 0.495 e. The van der Waals surface area contributed by atoms with Crippen LogP contribution >= 0.6 is 11.6 Å². The fourth-order valence-corrected chi connectivity index (χ4v) is 4.56. The number of anilines is 1. The number of nitrogens with one attached hydrogen (secondary N) is 1. The van der Waals surface area contributed by atoms with Gasteiger partial charge in [-0.3, -0.25) is 9.59 Å². The molecule has 1 heterocycles. The molecule has 0 saturated carbocycles. The zero-order valence-corrected chi connectivity index (χ0v) is 21.5. The highest BCUT2D eigenvalue weighted by molar-refractivity contribution is 6.31. The maximum absolute atomic E-state index is 13.4. The monoisotopic (exact) mass is 508 g/mol. The summed E-state index contributed by atoms with van der Waals surface area (Å²) in [6.07, 6.45) is 0.0295. The molecular formula is C28H29ClN2O5. The standard InChI is InChI=1S/C28H29ClN2O5/c1-5-36-24-11-10-18(13-26(24)35-4)23(31-16-19-8-6-7-9-20(19)28(31)33)15-27(32)30-22-12-17(2)21(29)14-25(22)34-3/h6-14,23H,5,15-16H2,1-4H3,(H,30,32)/t23-/m1/s1. The molecule has 1 aliphatic heterocycles. The van der Waals surface area contributed by atoms with Crippen molar-refractivity contribution in [3.63, 3.8) is 0 Å². The Kier molecular flexibility index (Phi) is 7.70. The van der Waals surface area contributed by atoms with Crippen molar-refractivity contribution in [2.75, 3.05) is 26.1 Å². The molecule has 0 aromatic heterocycles. The highest BCUT2D eigenvalue weighted by Gasteiger charge is 2.35. The summed E-state index contributed by atoms with van der Waals surface area (Å²) in [5.74, 6) is 1.22. The Labute approximate surface area is 215 Å². The van der Waals surface area contributed by atoms with Crippen LogP contribution in [0.15, 0.2) is 54.6 Å². The minimum Gasteiger partial charge on any atom is -0.495 e. The van der Waals surface area contributed by atoms with Gasteiger partial charge < -0.3 is 24.4 Å². The topological polar surface area (TPSA) is 77.1 Å². The summed E-state index contributed by atoms with van der Waals surface area (Å²) in [5.41, 5.74) is 3.68. The molecule has 7 nitrogen and oxygen atoms in total. The van der Waals surface area contributed by atoms with Crippen molar-refractivity contribution in [1.29, 1.82) is 0 Å². The summed E-state index contributed by atoms with van der Waals surface area (Å²) in [6.45, 7) is 4.65. The fraction of sp³-hybridized carbons (Fsp3) is 0.286. The van der Waals surface area contributed by atoms with Crippen LogP contribution in [0.4, 0.5) is 5.69 Å². The molecule has 36 heavy (non-hydrogen) atoms. The summed E-state index contributed by atoms with van der Waals surface area (Å²) >= 11 is 6.22. The van der Waals surface area contributed by atoms with Gasteiger partial charge in [0.15, 0.2) is 11.5 Å². The zero-order chi connectivity index (χ0) is 25.8. The summed E-state index contributed by atoms with van der Waals surface area (Å²) in [5, 5.41) is 3.48. The van der Waals surface area contributed by atoms with Crippen LogP contribution in [0.1, 0.15) is 46.4 Å². The van der Waals surface area contributed by atoms with Gasteiger partial charge in [-0.2, -0.15) is 0 Å². The highest BCUT2D eigenvalue weighted by Crippen LogP contribution is 2.38. The second kappa shape index (κ2) is 10.9. The number of rotatable bonds is 9. The van der Waals surface area contributed by atoms with E-state index in [0.29, 0.717) is 46.7 Å². The smallest absolute Gasteiger partial charge is 0.255 e. The predicted molar refractivity (Wildman–Crippen MR) is 139 cm³/mol. The van der Waals surface area contributed by atoms with E-state index in [4.69, 9.17) is 25.8 Å². The Morgan fingerprint density at radius 2 is 1.81 bits per heavy atom. The second-order valence-corrected chi connectivity index (χ2v) is 8.91. The molecule has 4 rings (SSSR count). The molecule has 8 heteroatoms. The number of fused-ring (bicyclic) bond motifs is 1. The molecule has 1 N–H and O–H groups in total. The van der Waals surface area contributed by atoms with Crippen LogP contribution in [-0.2, 0) is 11.3 Å². The van der Waals surface area contributed by atoms with Gasteiger partial charge in [-0.1, -0.05) is 35.9 Å². The number of carbonyl (C=O) groups is 2. The van der Waals surface area contributed by atoms with Crippen LogP contribution in [0.5, 0.6) is 17.2 Å². The highest BCUT2D eigenvalue weighted by atomic mass is 35.5. The van der Waals surface area contributed by atoms with Crippen molar-refractivity contribution in [3.05, 3.63) is 81.9 Å². The molecule has 3 aromatic carbocycles. The van der Waals surface area contributed by atoms with E-state index in [2.05, 4.69) is 5.32 Å². The van der Waals surface area contributed by atoms with Crippen LogP contribution in [-0.4, -0.2) is 37.5 Å². The van der Waals surface area contributed by atoms with Gasteiger partial charge in [0.25, 0.3) is 5.91 Å². The molecule has 0 spiro atoms. The lowest BCUT2D eigenvalue weighted by molar-refractivity contribution is -0.117. The summed E-state index contributed by atoms with van der Waals surface area (Å²) in [7, 11) is 3.08. The molecule has 0 unspecified atom stereocenters. The van der Waals surface area contributed by atoms with Gasteiger partial charge in [0.05, 0.1) is 39.0 Å². The van der Waals surface area contributed by atoms with Crippen LogP contribution in [0.25, 0.3) is 0 Å². The third kappa shape index (κ3) is 5.11. The van der Waals surface area contributed by atoms with Crippen LogP contribution in [0.2, 0.25) is 5.02 Å². The van der Waals surface area contributed by atoms with Crippen molar-refractivity contribution in [2.45, 2.75) is 32.9 Å². The van der Waals surface area contributed by atoms with E-state index in [1.54, 1.807) is 24.1 Å². The van der Waals surface area contributed by atoms with Gasteiger partial charge >= 0.3 is 0 Å². The Balaban J connectivity index is 1.67. The first kappa shape index (κ1) is 25.4. The Morgan fingerprint density at radius 1 is 1.06 bits per heavy atom. The third-order valence-electron chi connectivity index (χ3n) is 6.23. The molecule has 0 saturated heterocycles. The van der Waals surface area contributed by atoms with Gasteiger partial charge in [0.2, 0.25) is 5.91 Å². The van der Waals surface area contributed by atoms with Crippen molar-refractivity contribution in [3.8, 4) is 17.2 Å². The number of benzene rings is 3. The lowest BCUT2D eigenvalue weighted by Crippen LogP contribution is -2.32. The number of aryl methyl sites for hydroxylation is 1. The number of halogens is 1. The van der Waals surface area contributed by atoms with E-state index >= 15 is 0 Å². The van der Waals surface area contributed by atoms with E-state index in [9.17, 15) is 9.59 Å². The number of methoxy groups -OCH3 is 2. The molecule has 1 atom stereocenters. The number of ether oxygens (including phenoxy) is 3. The summed E-state index contributed by atoms with van der Waals surface area (Å²) < 4.78 is 16.6. The summed E-state index contributed by atoms with van der Waals surface area (Å²) in [4.78, 5) is 28.4. The van der Waals surface area contributed by atoms with Crippen molar-refractivity contribution in [2.24, 2.45) is 0 Å². The molecule has 0 fully saturated rings. The maximum atomic E-state index is 13.4. The SMILES string of the molecule is CCOc1ccc([C@@H](CC(=O)Nc2cc(C)c(Cl)cc2OC)N2Cc3ccccc3C2=O)cc1OC. The van der Waals surface area contributed by atoms with Gasteiger partial charge in [0.1, 0.15) is 5.75 Å². The van der Waals surface area contributed by atoms with E-state index in [1.165, 1.54) is 7.11 Å². The lowest BCUT2D eigenvalue weighted by atomic mass is 10.0. The first-order valence-electron chi connectivity index (χ1n) is 11.7. The van der Waals surface area contributed by atoms with Crippen molar-refractivity contribution >= 4 is 29.1 Å². The number of carbonyl (C=O) groups excluding carboxylic acids is 2. The first-order valence-corrected chi connectivity index (χ1v) is 12.1. The molecule has 2 amide bonds. The van der Waals surface area contributed by atoms with Gasteiger partial charge in [-0.05, 0) is 54.8 Å². The van der Waals surface area contributed by atoms with E-state index < -0.39 is 6.04 Å². The molecular weight excluding hydrogens is 480 g/mol. The average molecular weight is 509 g/mol. The Hall–Kier alpha value is -3.71. The average Bonchev–Trinajstić information content (AvgIpc) is 3.21. The van der Waals surface area contributed by atoms with Crippen molar-refractivity contribution < 1.29 is 23.8 Å².